The van der Waals surface area contributed by atoms with Crippen LogP contribution in [0.15, 0.2) is 42.5 Å². The van der Waals surface area contributed by atoms with E-state index in [2.05, 4.69) is 10.7 Å². The molecule has 0 saturated heterocycles. The van der Waals surface area contributed by atoms with Crippen molar-refractivity contribution in [1.29, 1.82) is 0 Å². The summed E-state index contributed by atoms with van der Waals surface area (Å²) in [5.41, 5.74) is 5.11. The Kier molecular flexibility index (Phi) is 2.46. The lowest BCUT2D eigenvalue weighted by Gasteiger charge is -2.41. The molecule has 0 aliphatic carbocycles. The summed E-state index contributed by atoms with van der Waals surface area (Å²) < 4.78 is 0. The first kappa shape index (κ1) is 12.2. The summed E-state index contributed by atoms with van der Waals surface area (Å²) in [4.78, 5) is 24.7. The minimum Gasteiger partial charge on any atom is -0.359 e. The van der Waals surface area contributed by atoms with Crippen molar-refractivity contribution in [2.24, 2.45) is 0 Å². The third-order valence-electron chi connectivity index (χ3n) is 3.70. The summed E-state index contributed by atoms with van der Waals surface area (Å²) in [5, 5.41) is 5.05. The molecule has 0 spiro atoms. The van der Waals surface area contributed by atoms with Crippen molar-refractivity contribution < 1.29 is 9.59 Å². The van der Waals surface area contributed by atoms with Crippen LogP contribution in [0.3, 0.4) is 0 Å². The van der Waals surface area contributed by atoms with E-state index in [0.717, 1.165) is 5.56 Å². The molecule has 2 aromatic carbocycles. The van der Waals surface area contributed by atoms with E-state index in [1.54, 1.807) is 30.3 Å². The number of carbonyl (C=O) groups excluding carboxylic acids is 2. The van der Waals surface area contributed by atoms with E-state index >= 15 is 0 Å². The van der Waals surface area contributed by atoms with E-state index in [1.165, 1.54) is 5.01 Å². The minimum atomic E-state index is -0.417. The zero-order valence-corrected chi connectivity index (χ0v) is 11.5. The van der Waals surface area contributed by atoms with Crippen molar-refractivity contribution in [3.8, 4) is 0 Å². The number of nitrogens with zero attached hydrogens (tertiary/aromatic N) is 1. The van der Waals surface area contributed by atoms with Crippen molar-refractivity contribution in [1.82, 2.24) is 10.4 Å². The predicted octanol–water partition coefficient (Wildman–Crippen LogP) is 2.56. The fourth-order valence-electron chi connectivity index (χ4n) is 2.72. The zero-order valence-electron chi connectivity index (χ0n) is 10.8. The maximum Gasteiger partial charge on any atom is 0.276 e. The molecule has 2 N–H and O–H groups in total. The normalized spacial score (nSPS) is 19.1. The summed E-state index contributed by atoms with van der Waals surface area (Å²) in [7, 11) is 0. The van der Waals surface area contributed by atoms with Crippen LogP contribution in [0.25, 0.3) is 0 Å². The molecule has 0 saturated carbocycles. The number of fused-ring (bicyclic) bond motifs is 4. The fraction of sp³-hybridized carbons (Fsp3) is 0.0667. The van der Waals surface area contributed by atoms with Gasteiger partial charge in [-0.05, 0) is 24.3 Å². The second kappa shape index (κ2) is 4.23. The lowest BCUT2D eigenvalue weighted by molar-refractivity contribution is 0.0457. The Hall–Kier alpha value is -2.53. The molecule has 5 nitrogen and oxygen atoms in total. The molecule has 0 bridgehead atoms. The van der Waals surface area contributed by atoms with E-state index in [9.17, 15) is 9.59 Å². The lowest BCUT2D eigenvalue weighted by atomic mass is 9.98. The van der Waals surface area contributed by atoms with E-state index in [1.807, 2.05) is 12.1 Å². The molecule has 2 amide bonds. The Balaban J connectivity index is 1.88. The molecule has 104 valence electrons. The van der Waals surface area contributed by atoms with E-state index < -0.39 is 6.17 Å². The second-order valence-electron chi connectivity index (χ2n) is 4.94. The van der Waals surface area contributed by atoms with Crippen LogP contribution in [0.4, 0.5) is 5.69 Å². The summed E-state index contributed by atoms with van der Waals surface area (Å²) >= 11 is 5.94. The highest BCUT2D eigenvalue weighted by atomic mass is 35.5. The average molecular weight is 300 g/mol. The number of rotatable bonds is 0. The van der Waals surface area contributed by atoms with Crippen LogP contribution in [0.1, 0.15) is 32.4 Å². The number of amides is 2. The molecule has 1 atom stereocenters. The quantitative estimate of drug-likeness (QED) is 0.786. The first-order valence-electron chi connectivity index (χ1n) is 6.45. The monoisotopic (exact) mass is 299 g/mol. The van der Waals surface area contributed by atoms with Gasteiger partial charge in [0, 0.05) is 21.8 Å². The number of benzene rings is 2. The van der Waals surface area contributed by atoms with Crippen molar-refractivity contribution in [2.75, 3.05) is 5.32 Å². The highest BCUT2D eigenvalue weighted by molar-refractivity contribution is 6.31. The molecule has 2 aliphatic rings. The van der Waals surface area contributed by atoms with Crippen molar-refractivity contribution in [3.63, 3.8) is 0 Å². The predicted molar refractivity (Wildman–Crippen MR) is 77.9 cm³/mol. The molecule has 2 aliphatic heterocycles. The topological polar surface area (TPSA) is 61.4 Å². The van der Waals surface area contributed by atoms with Crippen LogP contribution in [0, 0.1) is 0 Å². The van der Waals surface area contributed by atoms with Gasteiger partial charge in [0.05, 0.1) is 5.56 Å². The zero-order chi connectivity index (χ0) is 14.6. The third kappa shape index (κ3) is 1.71. The molecule has 0 aromatic heterocycles. The standard InChI is InChI=1S/C15H10ClN3O2/c16-8-5-6-12-11(7-8)15(21)19-13(17-12)9-3-1-2-4-10(9)14(20)18-19/h1-7,13,17H,(H,18,20). The fourth-order valence-corrected chi connectivity index (χ4v) is 2.89. The molecule has 2 aromatic rings. The van der Waals surface area contributed by atoms with Gasteiger partial charge in [0.1, 0.15) is 6.17 Å². The van der Waals surface area contributed by atoms with Crippen molar-refractivity contribution in [2.45, 2.75) is 6.17 Å². The highest BCUT2D eigenvalue weighted by Crippen LogP contribution is 2.36. The first-order valence-corrected chi connectivity index (χ1v) is 6.82. The molecular formula is C15H10ClN3O2. The Labute approximate surface area is 125 Å². The lowest BCUT2D eigenvalue weighted by Crippen LogP contribution is -2.56. The van der Waals surface area contributed by atoms with Gasteiger partial charge in [-0.2, -0.15) is 0 Å². The molecule has 4 rings (SSSR count). The maximum atomic E-state index is 12.6. The van der Waals surface area contributed by atoms with Crippen LogP contribution in [-0.4, -0.2) is 16.8 Å². The van der Waals surface area contributed by atoms with Gasteiger partial charge in [-0.15, -0.1) is 0 Å². The van der Waals surface area contributed by atoms with Gasteiger partial charge in [0.25, 0.3) is 11.8 Å². The number of hydrazine groups is 1. The van der Waals surface area contributed by atoms with Gasteiger partial charge in [-0.25, -0.2) is 5.01 Å². The molecule has 6 heteroatoms. The SMILES string of the molecule is O=C1NN2C(=O)c3cc(Cl)ccc3NC2c2ccccc21. The molecule has 21 heavy (non-hydrogen) atoms. The van der Waals surface area contributed by atoms with E-state index in [0.29, 0.717) is 21.8 Å². The molecule has 0 fully saturated rings. The van der Waals surface area contributed by atoms with E-state index in [-0.39, 0.29) is 11.8 Å². The van der Waals surface area contributed by atoms with Crippen LogP contribution in [-0.2, 0) is 0 Å². The Morgan fingerprint density at radius 2 is 1.86 bits per heavy atom. The summed E-state index contributed by atoms with van der Waals surface area (Å²) in [5.74, 6) is -0.568. The maximum absolute atomic E-state index is 12.6. The summed E-state index contributed by atoms with van der Waals surface area (Å²) in [6.45, 7) is 0. The number of nitrogens with one attached hydrogen (secondary N) is 2. The summed E-state index contributed by atoms with van der Waals surface area (Å²) in [6, 6.07) is 12.3. The number of hydrogen-bond acceptors (Lipinski definition) is 3. The summed E-state index contributed by atoms with van der Waals surface area (Å²) in [6.07, 6.45) is -0.417. The van der Waals surface area contributed by atoms with Crippen LogP contribution < -0.4 is 10.7 Å². The average Bonchev–Trinajstić information content (AvgIpc) is 2.50. The van der Waals surface area contributed by atoms with Gasteiger partial charge in [-0.3, -0.25) is 15.0 Å². The number of anilines is 1. The van der Waals surface area contributed by atoms with Crippen LogP contribution in [0.2, 0.25) is 5.02 Å². The van der Waals surface area contributed by atoms with Crippen LogP contribution >= 0.6 is 11.6 Å². The molecule has 1 unspecified atom stereocenters. The van der Waals surface area contributed by atoms with Gasteiger partial charge >= 0.3 is 0 Å². The molecular weight excluding hydrogens is 290 g/mol. The van der Waals surface area contributed by atoms with E-state index in [4.69, 9.17) is 11.6 Å². The van der Waals surface area contributed by atoms with Crippen LogP contribution in [0.5, 0.6) is 0 Å². The minimum absolute atomic E-state index is 0.279. The largest absolute Gasteiger partial charge is 0.359 e. The van der Waals surface area contributed by atoms with Crippen molar-refractivity contribution in [3.05, 3.63) is 64.2 Å². The molecule has 2 heterocycles. The van der Waals surface area contributed by atoms with Crippen molar-refractivity contribution >= 4 is 29.1 Å². The van der Waals surface area contributed by atoms with Gasteiger partial charge in [0.2, 0.25) is 0 Å². The van der Waals surface area contributed by atoms with Gasteiger partial charge in [0.15, 0.2) is 0 Å². The van der Waals surface area contributed by atoms with Gasteiger partial charge in [-0.1, -0.05) is 29.8 Å². The van der Waals surface area contributed by atoms with Gasteiger partial charge < -0.3 is 5.32 Å². The Bertz CT molecular complexity index is 790. The smallest absolute Gasteiger partial charge is 0.276 e. The third-order valence-corrected chi connectivity index (χ3v) is 3.94. The first-order chi connectivity index (χ1) is 10.1. The number of carbonyl (C=O) groups is 2. The molecule has 0 radical (unpaired) electrons. The highest BCUT2D eigenvalue weighted by Gasteiger charge is 2.39. The Morgan fingerprint density at radius 3 is 2.71 bits per heavy atom. The number of halogens is 1. The second-order valence-corrected chi connectivity index (χ2v) is 5.38. The Morgan fingerprint density at radius 1 is 1.05 bits per heavy atom. The number of hydrogen-bond donors (Lipinski definition) is 2.